The van der Waals surface area contributed by atoms with Gasteiger partial charge in [0.25, 0.3) is 0 Å². The quantitative estimate of drug-likeness (QED) is 0.604. The maximum atomic E-state index is 12.4. The molecule has 0 bridgehead atoms. The number of nitrogens with zero attached hydrogens (tertiary/aromatic N) is 1. The van der Waals surface area contributed by atoms with Crippen LogP contribution in [0, 0.1) is 0 Å². The number of hydrogen-bond donors (Lipinski definition) is 1. The van der Waals surface area contributed by atoms with Crippen molar-refractivity contribution in [2.24, 2.45) is 0 Å². The fraction of sp³-hybridized carbons (Fsp3) is 0.200. The van der Waals surface area contributed by atoms with Crippen LogP contribution in [0.5, 0.6) is 5.75 Å². The molecule has 0 aliphatic heterocycles. The topological polar surface area (TPSA) is 60.5 Å². The zero-order valence-electron chi connectivity index (χ0n) is 14.6. The zero-order valence-corrected chi connectivity index (χ0v) is 15.3. The van der Waals surface area contributed by atoms with Crippen LogP contribution in [-0.2, 0) is 4.74 Å². The summed E-state index contributed by atoms with van der Waals surface area (Å²) in [5.41, 5.74) is 2.39. The third-order valence-electron chi connectivity index (χ3n) is 3.77. The molecule has 3 rings (SSSR count). The average Bonchev–Trinajstić information content (AvgIpc) is 2.64. The number of carbonyl (C=O) groups is 1. The Morgan fingerprint density at radius 1 is 1.15 bits per heavy atom. The highest BCUT2D eigenvalue weighted by atomic mass is 35.5. The lowest BCUT2D eigenvalue weighted by Crippen LogP contribution is -2.09. The number of pyridine rings is 1. The van der Waals surface area contributed by atoms with Crippen molar-refractivity contribution >= 4 is 39.8 Å². The predicted molar refractivity (Wildman–Crippen MR) is 104 cm³/mol. The Balaban J connectivity index is 2.17. The van der Waals surface area contributed by atoms with E-state index in [9.17, 15) is 4.79 Å². The number of aromatic nitrogens is 1. The minimum absolute atomic E-state index is 0.279. The standard InChI is InChI=1S/C20H19ClN2O3/c1-3-25-18-8-6-5-7-17(18)23-19-14-11-13(21)9-10-16(14)22-12-15(19)20(24)26-4-2/h5-12H,3-4H2,1-2H3,(H,22,23). The van der Waals surface area contributed by atoms with E-state index in [1.807, 2.05) is 37.3 Å². The average molecular weight is 371 g/mol. The van der Waals surface area contributed by atoms with Crippen LogP contribution in [0.15, 0.2) is 48.7 Å². The van der Waals surface area contributed by atoms with Gasteiger partial charge in [-0.2, -0.15) is 0 Å². The van der Waals surface area contributed by atoms with Crippen LogP contribution in [0.25, 0.3) is 10.9 Å². The Morgan fingerprint density at radius 2 is 1.96 bits per heavy atom. The Morgan fingerprint density at radius 3 is 2.73 bits per heavy atom. The molecule has 0 fully saturated rings. The summed E-state index contributed by atoms with van der Waals surface area (Å²) in [7, 11) is 0. The van der Waals surface area contributed by atoms with Crippen LogP contribution in [0.4, 0.5) is 11.4 Å². The van der Waals surface area contributed by atoms with E-state index in [0.29, 0.717) is 28.6 Å². The number of esters is 1. The maximum Gasteiger partial charge on any atom is 0.341 e. The highest BCUT2D eigenvalue weighted by Gasteiger charge is 2.18. The minimum atomic E-state index is -0.446. The lowest BCUT2D eigenvalue weighted by Gasteiger charge is -2.16. The molecule has 6 heteroatoms. The fourth-order valence-electron chi connectivity index (χ4n) is 2.65. The number of benzene rings is 2. The summed E-state index contributed by atoms with van der Waals surface area (Å²) < 4.78 is 10.9. The van der Waals surface area contributed by atoms with Gasteiger partial charge in [0.2, 0.25) is 0 Å². The zero-order chi connectivity index (χ0) is 18.5. The van der Waals surface area contributed by atoms with Crippen molar-refractivity contribution in [2.75, 3.05) is 18.5 Å². The van der Waals surface area contributed by atoms with Crippen molar-refractivity contribution in [3.8, 4) is 5.75 Å². The van der Waals surface area contributed by atoms with Gasteiger partial charge in [0.1, 0.15) is 11.3 Å². The van der Waals surface area contributed by atoms with Crippen molar-refractivity contribution in [3.05, 3.63) is 59.2 Å². The van der Waals surface area contributed by atoms with Gasteiger partial charge in [0.15, 0.2) is 0 Å². The smallest absolute Gasteiger partial charge is 0.341 e. The molecule has 0 atom stereocenters. The summed E-state index contributed by atoms with van der Waals surface area (Å²) in [6.45, 7) is 4.50. The molecule has 134 valence electrons. The highest BCUT2D eigenvalue weighted by molar-refractivity contribution is 6.31. The van der Waals surface area contributed by atoms with Crippen molar-refractivity contribution in [3.63, 3.8) is 0 Å². The van der Waals surface area contributed by atoms with E-state index >= 15 is 0 Å². The molecule has 3 aromatic rings. The summed E-state index contributed by atoms with van der Waals surface area (Å²) in [6.07, 6.45) is 1.51. The molecule has 1 heterocycles. The Kier molecular flexibility index (Phi) is 5.58. The summed E-state index contributed by atoms with van der Waals surface area (Å²) in [4.78, 5) is 16.8. The van der Waals surface area contributed by atoms with E-state index < -0.39 is 5.97 Å². The van der Waals surface area contributed by atoms with Crippen LogP contribution in [0.1, 0.15) is 24.2 Å². The molecule has 0 saturated carbocycles. The summed E-state index contributed by atoms with van der Waals surface area (Å²) >= 11 is 6.17. The van der Waals surface area contributed by atoms with Crippen molar-refractivity contribution in [1.82, 2.24) is 4.98 Å². The largest absolute Gasteiger partial charge is 0.492 e. The molecule has 0 aliphatic rings. The van der Waals surface area contributed by atoms with Gasteiger partial charge < -0.3 is 14.8 Å². The summed E-state index contributed by atoms with van der Waals surface area (Å²) in [5, 5.41) is 4.60. The first-order valence-corrected chi connectivity index (χ1v) is 8.76. The molecule has 0 saturated heterocycles. The molecule has 5 nitrogen and oxygen atoms in total. The summed E-state index contributed by atoms with van der Waals surface area (Å²) in [5.74, 6) is 0.245. The van der Waals surface area contributed by atoms with Gasteiger partial charge in [0.05, 0.1) is 30.1 Å². The number of nitrogens with one attached hydrogen (secondary N) is 1. The van der Waals surface area contributed by atoms with Crippen molar-refractivity contribution < 1.29 is 14.3 Å². The first kappa shape index (κ1) is 18.0. The van der Waals surface area contributed by atoms with Gasteiger partial charge in [0, 0.05) is 16.6 Å². The molecular weight excluding hydrogens is 352 g/mol. The molecule has 0 amide bonds. The number of hydrogen-bond acceptors (Lipinski definition) is 5. The van der Waals surface area contributed by atoms with Gasteiger partial charge in [-0.3, -0.25) is 4.98 Å². The molecule has 1 N–H and O–H groups in total. The monoisotopic (exact) mass is 370 g/mol. The molecule has 26 heavy (non-hydrogen) atoms. The lowest BCUT2D eigenvalue weighted by atomic mass is 10.1. The molecule has 2 aromatic carbocycles. The minimum Gasteiger partial charge on any atom is -0.492 e. The Hall–Kier alpha value is -2.79. The number of fused-ring (bicyclic) bond motifs is 1. The third-order valence-corrected chi connectivity index (χ3v) is 4.01. The molecule has 0 aliphatic carbocycles. The summed E-state index contributed by atoms with van der Waals surface area (Å²) in [6, 6.07) is 12.9. The second-order valence-corrected chi connectivity index (χ2v) is 5.92. The number of halogens is 1. The molecule has 0 unspecified atom stereocenters. The first-order valence-electron chi connectivity index (χ1n) is 8.38. The second-order valence-electron chi connectivity index (χ2n) is 5.48. The van der Waals surface area contributed by atoms with Crippen LogP contribution < -0.4 is 10.1 Å². The normalized spacial score (nSPS) is 10.6. The van der Waals surface area contributed by atoms with E-state index in [-0.39, 0.29) is 6.61 Å². The van der Waals surface area contributed by atoms with Gasteiger partial charge in [-0.15, -0.1) is 0 Å². The molecule has 0 spiro atoms. The lowest BCUT2D eigenvalue weighted by molar-refractivity contribution is 0.0527. The van der Waals surface area contributed by atoms with Gasteiger partial charge >= 0.3 is 5.97 Å². The fourth-order valence-corrected chi connectivity index (χ4v) is 2.82. The van der Waals surface area contributed by atoms with Gasteiger partial charge in [-0.1, -0.05) is 23.7 Å². The number of rotatable bonds is 6. The Labute approximate surface area is 156 Å². The van der Waals surface area contributed by atoms with E-state index in [0.717, 1.165) is 16.6 Å². The van der Waals surface area contributed by atoms with Crippen LogP contribution in [0.3, 0.4) is 0 Å². The predicted octanol–water partition coefficient (Wildman–Crippen LogP) is 5.21. The Bertz CT molecular complexity index is 943. The third kappa shape index (κ3) is 3.73. The number of ether oxygens (including phenoxy) is 2. The van der Waals surface area contributed by atoms with Crippen molar-refractivity contribution in [1.29, 1.82) is 0 Å². The van der Waals surface area contributed by atoms with E-state index in [1.54, 1.807) is 19.1 Å². The molecular formula is C20H19ClN2O3. The van der Waals surface area contributed by atoms with Crippen molar-refractivity contribution in [2.45, 2.75) is 13.8 Å². The number of para-hydroxylation sites is 2. The highest BCUT2D eigenvalue weighted by Crippen LogP contribution is 2.34. The second kappa shape index (κ2) is 8.06. The maximum absolute atomic E-state index is 12.4. The van der Waals surface area contributed by atoms with Crippen LogP contribution in [-0.4, -0.2) is 24.2 Å². The van der Waals surface area contributed by atoms with Gasteiger partial charge in [-0.25, -0.2) is 4.79 Å². The molecule has 1 aromatic heterocycles. The van der Waals surface area contributed by atoms with E-state index in [1.165, 1.54) is 6.20 Å². The SMILES string of the molecule is CCOC(=O)c1cnc2ccc(Cl)cc2c1Nc1ccccc1OCC. The first-order chi connectivity index (χ1) is 12.6. The number of carbonyl (C=O) groups excluding carboxylic acids is 1. The van der Waals surface area contributed by atoms with E-state index in [2.05, 4.69) is 10.3 Å². The van der Waals surface area contributed by atoms with E-state index in [4.69, 9.17) is 21.1 Å². The molecule has 0 radical (unpaired) electrons. The van der Waals surface area contributed by atoms with Crippen LogP contribution in [0.2, 0.25) is 5.02 Å². The van der Waals surface area contributed by atoms with Gasteiger partial charge in [-0.05, 0) is 44.2 Å². The van der Waals surface area contributed by atoms with Crippen LogP contribution >= 0.6 is 11.6 Å². The number of anilines is 2.